The lowest BCUT2D eigenvalue weighted by Gasteiger charge is -2.55. The van der Waals surface area contributed by atoms with E-state index in [0.717, 1.165) is 48.3 Å². The smallest absolute Gasteiger partial charge is 0.226 e. The third-order valence-corrected chi connectivity index (χ3v) is 6.73. The summed E-state index contributed by atoms with van der Waals surface area (Å²) in [7, 11) is 0. The molecule has 0 saturated heterocycles. The summed E-state index contributed by atoms with van der Waals surface area (Å²) < 4.78 is 5.80. The Balaban J connectivity index is 1.24. The number of aromatic nitrogens is 1. The first-order chi connectivity index (χ1) is 13.2. The summed E-state index contributed by atoms with van der Waals surface area (Å²) in [4.78, 5) is 17.3. The molecule has 4 aliphatic rings. The number of pyridine rings is 1. The van der Waals surface area contributed by atoms with Crippen molar-refractivity contribution in [1.82, 2.24) is 10.3 Å². The van der Waals surface area contributed by atoms with Crippen LogP contribution in [0.1, 0.15) is 44.1 Å². The number of amides is 1. The van der Waals surface area contributed by atoms with Gasteiger partial charge in [-0.05, 0) is 80.0 Å². The molecule has 140 valence electrons. The molecule has 1 aromatic heterocycles. The fourth-order valence-corrected chi connectivity index (χ4v) is 6.01. The highest BCUT2D eigenvalue weighted by molar-refractivity contribution is 5.83. The van der Waals surface area contributed by atoms with Crippen LogP contribution in [0.15, 0.2) is 48.7 Å². The number of rotatable bonds is 5. The highest BCUT2D eigenvalue weighted by Crippen LogP contribution is 2.60. The minimum absolute atomic E-state index is 0.0865. The van der Waals surface area contributed by atoms with Gasteiger partial charge in [0.05, 0.1) is 0 Å². The van der Waals surface area contributed by atoms with Gasteiger partial charge in [0.25, 0.3) is 0 Å². The summed E-state index contributed by atoms with van der Waals surface area (Å²) in [5, 5.41) is 3.24. The topological polar surface area (TPSA) is 51.2 Å². The molecule has 0 spiro atoms. The Morgan fingerprint density at radius 2 is 1.78 bits per heavy atom. The van der Waals surface area contributed by atoms with E-state index in [1.165, 1.54) is 19.3 Å². The summed E-state index contributed by atoms with van der Waals surface area (Å²) in [5.74, 6) is 3.96. The van der Waals surface area contributed by atoms with E-state index >= 15 is 0 Å². The van der Waals surface area contributed by atoms with Crippen LogP contribution in [0.5, 0.6) is 11.6 Å². The minimum atomic E-state index is -0.0865. The Morgan fingerprint density at radius 3 is 2.44 bits per heavy atom. The molecule has 1 aromatic carbocycles. The van der Waals surface area contributed by atoms with E-state index in [1.807, 2.05) is 42.5 Å². The highest BCUT2D eigenvalue weighted by Gasteiger charge is 2.54. The molecule has 1 amide bonds. The van der Waals surface area contributed by atoms with Gasteiger partial charge < -0.3 is 10.1 Å². The SMILES string of the molecule is O=C(NCc1cccc(Oc2ccccn2)c1)C12CC3CC(CC(C3)C1)C2. The van der Waals surface area contributed by atoms with E-state index < -0.39 is 0 Å². The average Bonchev–Trinajstić information content (AvgIpc) is 2.66. The molecule has 1 heterocycles. The van der Waals surface area contributed by atoms with Crippen LogP contribution in [0, 0.1) is 23.2 Å². The van der Waals surface area contributed by atoms with E-state index in [2.05, 4.69) is 10.3 Å². The second kappa shape index (κ2) is 6.66. The number of hydrogen-bond donors (Lipinski definition) is 1. The molecule has 4 saturated carbocycles. The lowest BCUT2D eigenvalue weighted by molar-refractivity contribution is -0.146. The maximum absolute atomic E-state index is 13.1. The molecule has 0 aliphatic heterocycles. The van der Waals surface area contributed by atoms with Gasteiger partial charge in [-0.1, -0.05) is 18.2 Å². The number of nitrogens with one attached hydrogen (secondary N) is 1. The van der Waals surface area contributed by atoms with Crippen molar-refractivity contribution in [2.75, 3.05) is 0 Å². The third kappa shape index (κ3) is 3.33. The van der Waals surface area contributed by atoms with Gasteiger partial charge in [0.15, 0.2) is 0 Å². The predicted octanol–water partition coefficient (Wildman–Crippen LogP) is 4.71. The molecule has 2 aromatic rings. The van der Waals surface area contributed by atoms with E-state index in [9.17, 15) is 4.79 Å². The van der Waals surface area contributed by atoms with Crippen LogP contribution in [0.25, 0.3) is 0 Å². The lowest BCUT2D eigenvalue weighted by atomic mass is 9.49. The molecular formula is C23H26N2O2. The summed E-state index contributed by atoms with van der Waals surface area (Å²) in [6.07, 6.45) is 9.11. The molecule has 4 fully saturated rings. The highest BCUT2D eigenvalue weighted by atomic mass is 16.5. The quantitative estimate of drug-likeness (QED) is 0.838. The van der Waals surface area contributed by atoms with Crippen molar-refractivity contribution in [2.24, 2.45) is 23.2 Å². The standard InChI is InChI=1S/C23H26N2O2/c26-22(23-12-17-8-18(13-23)10-19(9-17)14-23)25-15-16-4-3-5-20(11-16)27-21-6-1-2-7-24-21/h1-7,11,17-19H,8-10,12-15H2,(H,25,26). The van der Waals surface area contributed by atoms with E-state index in [4.69, 9.17) is 4.74 Å². The van der Waals surface area contributed by atoms with Crippen LogP contribution in [-0.2, 0) is 11.3 Å². The zero-order valence-electron chi connectivity index (χ0n) is 15.6. The van der Waals surface area contributed by atoms with Crippen LogP contribution in [-0.4, -0.2) is 10.9 Å². The first kappa shape index (κ1) is 16.8. The second-order valence-electron chi connectivity index (χ2n) is 8.80. The Labute approximate surface area is 160 Å². The van der Waals surface area contributed by atoms with E-state index in [-0.39, 0.29) is 11.3 Å². The molecule has 4 heteroatoms. The third-order valence-electron chi connectivity index (χ3n) is 6.73. The number of benzene rings is 1. The number of hydrogen-bond acceptors (Lipinski definition) is 3. The fraction of sp³-hybridized carbons (Fsp3) is 0.478. The van der Waals surface area contributed by atoms with Gasteiger partial charge in [-0.2, -0.15) is 0 Å². The molecule has 1 N–H and O–H groups in total. The summed E-state index contributed by atoms with van der Waals surface area (Å²) in [6.45, 7) is 0.556. The van der Waals surface area contributed by atoms with Gasteiger partial charge in [-0.15, -0.1) is 0 Å². The van der Waals surface area contributed by atoms with Crippen molar-refractivity contribution in [3.05, 3.63) is 54.2 Å². The Bertz CT molecular complexity index is 798. The first-order valence-corrected chi connectivity index (χ1v) is 10.1. The molecule has 6 rings (SSSR count). The normalized spacial score (nSPS) is 30.9. The van der Waals surface area contributed by atoms with Gasteiger partial charge in [-0.25, -0.2) is 4.98 Å². The number of carbonyl (C=O) groups excluding carboxylic acids is 1. The Kier molecular flexibility index (Phi) is 4.14. The fourth-order valence-electron chi connectivity index (χ4n) is 6.01. The van der Waals surface area contributed by atoms with Crippen molar-refractivity contribution in [3.63, 3.8) is 0 Å². The van der Waals surface area contributed by atoms with Crippen LogP contribution in [0.3, 0.4) is 0 Å². The number of carbonyl (C=O) groups is 1. The second-order valence-corrected chi connectivity index (χ2v) is 8.80. The zero-order chi connectivity index (χ0) is 18.3. The maximum atomic E-state index is 13.1. The van der Waals surface area contributed by atoms with Gasteiger partial charge >= 0.3 is 0 Å². The van der Waals surface area contributed by atoms with Gasteiger partial charge in [0.2, 0.25) is 11.8 Å². The number of ether oxygens (including phenoxy) is 1. The zero-order valence-corrected chi connectivity index (χ0v) is 15.6. The van der Waals surface area contributed by atoms with Crippen LogP contribution in [0.2, 0.25) is 0 Å². The lowest BCUT2D eigenvalue weighted by Crippen LogP contribution is -2.53. The van der Waals surface area contributed by atoms with Crippen molar-refractivity contribution < 1.29 is 9.53 Å². The minimum Gasteiger partial charge on any atom is -0.439 e. The predicted molar refractivity (Wildman–Crippen MR) is 103 cm³/mol. The first-order valence-electron chi connectivity index (χ1n) is 10.1. The van der Waals surface area contributed by atoms with Gasteiger partial charge in [0.1, 0.15) is 5.75 Å². The van der Waals surface area contributed by atoms with Crippen LogP contribution < -0.4 is 10.1 Å². The largest absolute Gasteiger partial charge is 0.439 e. The van der Waals surface area contributed by atoms with Gasteiger partial charge in [-0.3, -0.25) is 4.79 Å². The maximum Gasteiger partial charge on any atom is 0.226 e. The summed E-state index contributed by atoms with van der Waals surface area (Å²) >= 11 is 0. The molecular weight excluding hydrogens is 336 g/mol. The van der Waals surface area contributed by atoms with Crippen molar-refractivity contribution >= 4 is 5.91 Å². The molecule has 0 unspecified atom stereocenters. The average molecular weight is 362 g/mol. The Morgan fingerprint density at radius 1 is 1.04 bits per heavy atom. The number of nitrogens with zero attached hydrogens (tertiary/aromatic N) is 1. The van der Waals surface area contributed by atoms with Crippen molar-refractivity contribution in [2.45, 2.75) is 45.1 Å². The Hall–Kier alpha value is -2.36. The molecule has 4 nitrogen and oxygen atoms in total. The molecule has 27 heavy (non-hydrogen) atoms. The van der Waals surface area contributed by atoms with Crippen molar-refractivity contribution in [1.29, 1.82) is 0 Å². The van der Waals surface area contributed by atoms with Gasteiger partial charge in [0, 0.05) is 24.2 Å². The molecule has 4 aliphatic carbocycles. The van der Waals surface area contributed by atoms with E-state index in [0.29, 0.717) is 12.4 Å². The van der Waals surface area contributed by atoms with Crippen molar-refractivity contribution in [3.8, 4) is 11.6 Å². The van der Waals surface area contributed by atoms with Crippen LogP contribution >= 0.6 is 0 Å². The molecule has 0 atom stereocenters. The molecule has 0 radical (unpaired) electrons. The monoisotopic (exact) mass is 362 g/mol. The van der Waals surface area contributed by atoms with Crippen LogP contribution in [0.4, 0.5) is 0 Å². The van der Waals surface area contributed by atoms with E-state index in [1.54, 1.807) is 6.20 Å². The summed E-state index contributed by atoms with van der Waals surface area (Å²) in [6, 6.07) is 13.5. The summed E-state index contributed by atoms with van der Waals surface area (Å²) in [5.41, 5.74) is 0.970. The molecule has 4 bridgehead atoms.